The number of aryl methyl sites for hydroxylation is 3. The van der Waals surface area contributed by atoms with Crippen LogP contribution in [0.15, 0.2) is 46.9 Å². The molecule has 158 valence electrons. The molecule has 2 heterocycles. The van der Waals surface area contributed by atoms with Crippen molar-refractivity contribution >= 4 is 43.7 Å². The summed E-state index contributed by atoms with van der Waals surface area (Å²) in [5, 5.41) is 6.23. The molecule has 0 saturated heterocycles. The topological polar surface area (TPSA) is 21.1 Å². The minimum Gasteiger partial charge on any atom is -0.454 e. The van der Waals surface area contributed by atoms with Gasteiger partial charge in [-0.15, -0.1) is 0 Å². The Morgan fingerprint density at radius 3 is 2.45 bits per heavy atom. The minimum absolute atomic E-state index is 0.607. The fraction of sp³-hybridized carbons (Fsp3) is 0.321. The predicted octanol–water partition coefficient (Wildman–Crippen LogP) is 6.08. The van der Waals surface area contributed by atoms with Gasteiger partial charge >= 0.3 is 0 Å². The molecule has 3 heteroatoms. The highest BCUT2D eigenvalue weighted by Crippen LogP contribution is 2.39. The van der Waals surface area contributed by atoms with E-state index in [1.807, 2.05) is 0 Å². The van der Waals surface area contributed by atoms with E-state index in [4.69, 9.17) is 4.42 Å². The Morgan fingerprint density at radius 1 is 0.968 bits per heavy atom. The summed E-state index contributed by atoms with van der Waals surface area (Å²) < 4.78 is 11.1. The lowest BCUT2D eigenvalue weighted by Crippen LogP contribution is -2.22. The molecular weight excluding hydrogens is 380 g/mol. The molecule has 0 bridgehead atoms. The van der Waals surface area contributed by atoms with Crippen LogP contribution in [0.1, 0.15) is 30.5 Å². The lowest BCUT2D eigenvalue weighted by Gasteiger charge is -2.18. The van der Waals surface area contributed by atoms with Crippen molar-refractivity contribution in [3.8, 4) is 0 Å². The second-order valence-electron chi connectivity index (χ2n) is 9.61. The van der Waals surface area contributed by atoms with Gasteiger partial charge in [0.1, 0.15) is 19.7 Å². The second kappa shape index (κ2) is 6.98. The van der Waals surface area contributed by atoms with Gasteiger partial charge in [0.25, 0.3) is 0 Å². The lowest BCUT2D eigenvalue weighted by atomic mass is 9.92. The summed E-state index contributed by atoms with van der Waals surface area (Å²) in [7, 11) is 6.35. The summed E-state index contributed by atoms with van der Waals surface area (Å²) in [5.41, 5.74) is 8.29. The Kier molecular flexibility index (Phi) is 4.47. The molecule has 0 fully saturated rings. The third-order valence-corrected chi connectivity index (χ3v) is 6.63. The Bertz CT molecular complexity index is 1570. The molecule has 5 rings (SSSR count). The van der Waals surface area contributed by atoms with Crippen LogP contribution in [0.25, 0.3) is 43.7 Å². The molecule has 0 atom stereocenters. The zero-order valence-electron chi connectivity index (χ0n) is 19.6. The van der Waals surface area contributed by atoms with E-state index in [2.05, 4.69) is 100 Å². The monoisotopic (exact) mass is 411 g/mol. The van der Waals surface area contributed by atoms with Gasteiger partial charge in [0.2, 0.25) is 5.36 Å². The van der Waals surface area contributed by atoms with Crippen molar-refractivity contribution in [1.82, 2.24) is 9.14 Å². The smallest absolute Gasteiger partial charge is 0.208 e. The zero-order chi connectivity index (χ0) is 22.0. The number of benzene rings is 3. The average Bonchev–Trinajstić information content (AvgIpc) is 2.70. The fourth-order valence-electron chi connectivity index (χ4n) is 5.11. The van der Waals surface area contributed by atoms with E-state index in [-0.39, 0.29) is 0 Å². The number of hydrogen-bond donors (Lipinski definition) is 0. The van der Waals surface area contributed by atoms with Crippen LogP contribution in [-0.2, 0) is 13.5 Å². The number of pyridine rings is 1. The van der Waals surface area contributed by atoms with Crippen LogP contribution < -0.4 is 9.93 Å². The molecule has 0 aliphatic carbocycles. The van der Waals surface area contributed by atoms with E-state index < -0.39 is 0 Å². The van der Waals surface area contributed by atoms with E-state index >= 15 is 0 Å². The number of nitrogens with zero attached hydrogens (tertiary/aromatic N) is 2. The van der Waals surface area contributed by atoms with Crippen LogP contribution in [-0.4, -0.2) is 18.7 Å². The summed E-state index contributed by atoms with van der Waals surface area (Å²) in [5.74, 6) is 0.607. The first-order valence-corrected chi connectivity index (χ1v) is 11.1. The largest absolute Gasteiger partial charge is 0.454 e. The SMILES string of the molecule is Cc1cc2cc(CC(C)C)cc3oc4cc5c(=[N+](C)C)cccc5n(C)c4c(c1C)c23. The Balaban J connectivity index is 2.06. The van der Waals surface area contributed by atoms with E-state index in [0.717, 1.165) is 17.6 Å². The van der Waals surface area contributed by atoms with Crippen molar-refractivity contribution in [2.45, 2.75) is 34.1 Å². The number of aromatic nitrogens is 1. The molecule has 0 radical (unpaired) electrons. The van der Waals surface area contributed by atoms with Crippen molar-refractivity contribution in [2.75, 3.05) is 14.1 Å². The lowest BCUT2D eigenvalue weighted by molar-refractivity contribution is 0.640. The van der Waals surface area contributed by atoms with Gasteiger partial charge in [-0.3, -0.25) is 0 Å². The van der Waals surface area contributed by atoms with Crippen molar-refractivity contribution < 1.29 is 4.42 Å². The summed E-state index contributed by atoms with van der Waals surface area (Å²) in [6.07, 6.45) is 1.05. The number of hydrogen-bond acceptors (Lipinski definition) is 1. The summed E-state index contributed by atoms with van der Waals surface area (Å²) >= 11 is 0. The fourth-order valence-corrected chi connectivity index (χ4v) is 5.11. The minimum atomic E-state index is 0.607. The Morgan fingerprint density at radius 2 is 1.74 bits per heavy atom. The molecule has 3 nitrogen and oxygen atoms in total. The van der Waals surface area contributed by atoms with Gasteiger partial charge in [0, 0.05) is 23.9 Å². The molecule has 31 heavy (non-hydrogen) atoms. The second-order valence-corrected chi connectivity index (χ2v) is 9.61. The molecule has 3 aromatic carbocycles. The molecule has 0 N–H and O–H groups in total. The van der Waals surface area contributed by atoms with E-state index in [1.165, 1.54) is 54.6 Å². The highest BCUT2D eigenvalue weighted by molar-refractivity contribution is 6.19. The number of fused-ring (bicyclic) bond motifs is 3. The molecular formula is C28H31N2O+. The van der Waals surface area contributed by atoms with Crippen LogP contribution in [0, 0.1) is 19.8 Å². The highest BCUT2D eigenvalue weighted by Gasteiger charge is 2.18. The summed E-state index contributed by atoms with van der Waals surface area (Å²) in [6, 6.07) is 15.7. The molecule has 5 aromatic rings. The van der Waals surface area contributed by atoms with Gasteiger partial charge in [-0.25, -0.2) is 4.58 Å². The van der Waals surface area contributed by atoms with E-state index in [1.54, 1.807) is 0 Å². The third-order valence-electron chi connectivity index (χ3n) is 6.63. The van der Waals surface area contributed by atoms with Gasteiger partial charge in [0.05, 0.1) is 16.4 Å². The first-order chi connectivity index (χ1) is 14.8. The molecule has 0 saturated carbocycles. The Hall–Kier alpha value is -3.07. The predicted molar refractivity (Wildman–Crippen MR) is 133 cm³/mol. The van der Waals surface area contributed by atoms with Crippen molar-refractivity contribution in [3.63, 3.8) is 0 Å². The maximum absolute atomic E-state index is 6.65. The summed E-state index contributed by atoms with van der Waals surface area (Å²) in [4.78, 5) is 0. The Labute approximate surface area is 183 Å². The molecule has 0 aliphatic rings. The van der Waals surface area contributed by atoms with E-state index in [0.29, 0.717) is 5.92 Å². The highest BCUT2D eigenvalue weighted by atomic mass is 16.3. The van der Waals surface area contributed by atoms with Crippen molar-refractivity contribution in [2.24, 2.45) is 13.0 Å². The first-order valence-electron chi connectivity index (χ1n) is 11.1. The average molecular weight is 412 g/mol. The van der Waals surface area contributed by atoms with E-state index in [9.17, 15) is 0 Å². The van der Waals surface area contributed by atoms with Gasteiger partial charge < -0.3 is 8.98 Å². The normalized spacial score (nSPS) is 12.1. The van der Waals surface area contributed by atoms with Gasteiger partial charge in [0.15, 0.2) is 5.58 Å². The first kappa shape index (κ1) is 19.9. The summed E-state index contributed by atoms with van der Waals surface area (Å²) in [6.45, 7) is 9.01. The van der Waals surface area contributed by atoms with Crippen molar-refractivity contribution in [1.29, 1.82) is 0 Å². The van der Waals surface area contributed by atoms with Gasteiger partial charge in [-0.2, -0.15) is 0 Å². The van der Waals surface area contributed by atoms with Crippen molar-refractivity contribution in [3.05, 3.63) is 64.5 Å². The molecule has 0 spiro atoms. The zero-order valence-corrected chi connectivity index (χ0v) is 19.6. The molecule has 2 aromatic heterocycles. The standard InChI is InChI=1S/C28H31N2O/c1-16(2)11-19-13-20-12-17(3)18(4)26-27(20)24(14-19)31-25-15-21-22(29(5)6)9-8-10-23(21)30(7)28(25)26/h8-10,12-16H,11H2,1-7H3/q+1. The van der Waals surface area contributed by atoms with Crippen LogP contribution in [0.4, 0.5) is 0 Å². The molecule has 0 aliphatic heterocycles. The van der Waals surface area contributed by atoms with Gasteiger partial charge in [-0.05, 0) is 66.5 Å². The molecule has 0 amide bonds. The third kappa shape index (κ3) is 2.98. The van der Waals surface area contributed by atoms with Crippen LogP contribution >= 0.6 is 0 Å². The maximum atomic E-state index is 6.65. The quantitative estimate of drug-likeness (QED) is 0.196. The number of rotatable bonds is 2. The van der Waals surface area contributed by atoms with Gasteiger partial charge in [-0.1, -0.05) is 32.0 Å². The van der Waals surface area contributed by atoms with Crippen LogP contribution in [0.2, 0.25) is 0 Å². The molecule has 0 unspecified atom stereocenters. The van der Waals surface area contributed by atoms with Crippen LogP contribution in [0.5, 0.6) is 0 Å². The van der Waals surface area contributed by atoms with Crippen LogP contribution in [0.3, 0.4) is 0 Å². The maximum Gasteiger partial charge on any atom is 0.208 e.